The van der Waals surface area contributed by atoms with Crippen LogP contribution >= 0.6 is 0 Å². The Balaban J connectivity index is 1.98. The van der Waals surface area contributed by atoms with E-state index in [-0.39, 0.29) is 22.9 Å². The van der Waals surface area contributed by atoms with E-state index in [0.717, 1.165) is 11.1 Å². The fourth-order valence-corrected chi connectivity index (χ4v) is 4.70. The first-order valence-electron chi connectivity index (χ1n) is 7.51. The molecule has 0 aliphatic carbocycles. The smallest absolute Gasteiger partial charge is 0.228 e. The van der Waals surface area contributed by atoms with Crippen molar-refractivity contribution >= 4 is 19.9 Å². The molecule has 0 aromatic heterocycles. The van der Waals surface area contributed by atoms with Gasteiger partial charge in [0, 0.05) is 6.54 Å². The highest BCUT2D eigenvalue weighted by Crippen LogP contribution is 2.14. The van der Waals surface area contributed by atoms with Crippen molar-refractivity contribution in [2.45, 2.75) is 24.5 Å². The molecule has 0 bridgehead atoms. The standard InChI is InChI=1S/C17H21NO4S2/c1-14-8-9-17(12-15(14)2)24(21,22)18-10-11-23(19,20)13-16-6-4-3-5-7-16/h3-9,12,18H,10-11,13H2,1-2H3. The summed E-state index contributed by atoms with van der Waals surface area (Å²) in [6.07, 6.45) is 0. The molecular weight excluding hydrogens is 346 g/mol. The fraction of sp³-hybridized carbons (Fsp3) is 0.294. The third-order valence-corrected chi connectivity index (χ3v) is 6.78. The maximum Gasteiger partial charge on any atom is 0.240 e. The monoisotopic (exact) mass is 367 g/mol. The van der Waals surface area contributed by atoms with Gasteiger partial charge in [-0.3, -0.25) is 0 Å². The van der Waals surface area contributed by atoms with Crippen LogP contribution in [0.4, 0.5) is 0 Å². The second-order valence-corrected chi connectivity index (χ2v) is 9.67. The van der Waals surface area contributed by atoms with Gasteiger partial charge in [-0.05, 0) is 42.7 Å². The van der Waals surface area contributed by atoms with E-state index in [0.29, 0.717) is 5.56 Å². The fourth-order valence-electron chi connectivity index (χ4n) is 2.20. The van der Waals surface area contributed by atoms with Crippen LogP contribution in [0.3, 0.4) is 0 Å². The molecule has 5 nitrogen and oxygen atoms in total. The summed E-state index contributed by atoms with van der Waals surface area (Å²) in [4.78, 5) is 0.144. The number of sulfonamides is 1. The lowest BCUT2D eigenvalue weighted by Crippen LogP contribution is -2.29. The van der Waals surface area contributed by atoms with Gasteiger partial charge in [0.05, 0.1) is 16.4 Å². The number of hydrogen-bond acceptors (Lipinski definition) is 4. The van der Waals surface area contributed by atoms with Crippen molar-refractivity contribution in [1.82, 2.24) is 4.72 Å². The van der Waals surface area contributed by atoms with Crippen LogP contribution in [0, 0.1) is 13.8 Å². The van der Waals surface area contributed by atoms with Crippen LogP contribution in [-0.2, 0) is 25.6 Å². The highest BCUT2D eigenvalue weighted by atomic mass is 32.2. The van der Waals surface area contributed by atoms with Gasteiger partial charge in [-0.15, -0.1) is 0 Å². The lowest BCUT2D eigenvalue weighted by Gasteiger charge is -2.09. The van der Waals surface area contributed by atoms with Gasteiger partial charge in [0.15, 0.2) is 9.84 Å². The summed E-state index contributed by atoms with van der Waals surface area (Å²) in [5.41, 5.74) is 2.56. The van der Waals surface area contributed by atoms with E-state index in [9.17, 15) is 16.8 Å². The first kappa shape index (κ1) is 18.6. The molecule has 2 rings (SSSR count). The number of aryl methyl sites for hydroxylation is 2. The molecule has 0 atom stereocenters. The Morgan fingerprint density at radius 1 is 0.875 bits per heavy atom. The molecule has 0 saturated heterocycles. The molecule has 0 aliphatic heterocycles. The average Bonchev–Trinajstić information content (AvgIpc) is 2.50. The molecule has 1 N–H and O–H groups in total. The summed E-state index contributed by atoms with van der Waals surface area (Å²) >= 11 is 0. The molecule has 0 spiro atoms. The Morgan fingerprint density at radius 2 is 1.54 bits per heavy atom. The van der Waals surface area contributed by atoms with Gasteiger partial charge in [0.1, 0.15) is 0 Å². The second-order valence-electron chi connectivity index (χ2n) is 5.72. The molecular formula is C17H21NO4S2. The predicted molar refractivity (Wildman–Crippen MR) is 95.0 cm³/mol. The van der Waals surface area contributed by atoms with E-state index >= 15 is 0 Å². The first-order valence-corrected chi connectivity index (χ1v) is 10.8. The zero-order valence-corrected chi connectivity index (χ0v) is 15.3. The van der Waals surface area contributed by atoms with E-state index < -0.39 is 19.9 Å². The highest BCUT2D eigenvalue weighted by molar-refractivity contribution is 7.91. The molecule has 130 valence electrons. The summed E-state index contributed by atoms with van der Waals surface area (Å²) in [5.74, 6) is -0.342. The van der Waals surface area contributed by atoms with E-state index in [1.807, 2.05) is 19.9 Å². The average molecular weight is 367 g/mol. The van der Waals surface area contributed by atoms with Crippen LogP contribution < -0.4 is 4.72 Å². The number of sulfone groups is 1. The number of rotatable bonds is 7. The molecule has 0 unspecified atom stereocenters. The number of hydrogen-bond donors (Lipinski definition) is 1. The Morgan fingerprint density at radius 3 is 2.17 bits per heavy atom. The Bertz CT molecular complexity index is 905. The van der Waals surface area contributed by atoms with Crippen molar-refractivity contribution in [1.29, 1.82) is 0 Å². The number of nitrogens with one attached hydrogen (secondary N) is 1. The third-order valence-electron chi connectivity index (χ3n) is 3.72. The van der Waals surface area contributed by atoms with Crippen LogP contribution in [0.2, 0.25) is 0 Å². The van der Waals surface area contributed by atoms with E-state index in [4.69, 9.17) is 0 Å². The zero-order chi connectivity index (χ0) is 17.8. The normalized spacial score (nSPS) is 12.2. The quantitative estimate of drug-likeness (QED) is 0.813. The Labute approximate surface area is 143 Å². The number of benzene rings is 2. The van der Waals surface area contributed by atoms with Gasteiger partial charge in [0.2, 0.25) is 10.0 Å². The van der Waals surface area contributed by atoms with Crippen molar-refractivity contribution < 1.29 is 16.8 Å². The Kier molecular flexibility index (Phi) is 5.79. The third kappa shape index (κ3) is 5.15. The zero-order valence-electron chi connectivity index (χ0n) is 13.7. The highest BCUT2D eigenvalue weighted by Gasteiger charge is 2.17. The minimum Gasteiger partial charge on any atom is -0.228 e. The van der Waals surface area contributed by atoms with Gasteiger partial charge in [-0.1, -0.05) is 36.4 Å². The van der Waals surface area contributed by atoms with E-state index in [1.165, 1.54) is 6.07 Å². The van der Waals surface area contributed by atoms with Crippen LogP contribution in [0.5, 0.6) is 0 Å². The van der Waals surface area contributed by atoms with Crippen LogP contribution in [-0.4, -0.2) is 29.1 Å². The van der Waals surface area contributed by atoms with Gasteiger partial charge >= 0.3 is 0 Å². The Hall–Kier alpha value is -1.70. The maximum absolute atomic E-state index is 12.2. The summed E-state index contributed by atoms with van der Waals surface area (Å²) in [6, 6.07) is 13.7. The maximum atomic E-state index is 12.2. The molecule has 24 heavy (non-hydrogen) atoms. The van der Waals surface area contributed by atoms with Crippen LogP contribution in [0.25, 0.3) is 0 Å². The largest absolute Gasteiger partial charge is 0.240 e. The van der Waals surface area contributed by atoms with Crippen molar-refractivity contribution in [3.05, 3.63) is 65.2 Å². The topological polar surface area (TPSA) is 80.3 Å². The minimum absolute atomic E-state index is 0.0980. The van der Waals surface area contributed by atoms with Crippen molar-refractivity contribution in [3.8, 4) is 0 Å². The molecule has 0 radical (unpaired) electrons. The molecule has 0 amide bonds. The lowest BCUT2D eigenvalue weighted by molar-refractivity contribution is 0.580. The second kappa shape index (κ2) is 7.46. The summed E-state index contributed by atoms with van der Waals surface area (Å²) in [7, 11) is -7.09. The summed E-state index contributed by atoms with van der Waals surface area (Å²) < 4.78 is 51.0. The molecule has 0 heterocycles. The van der Waals surface area contributed by atoms with Crippen molar-refractivity contribution in [2.75, 3.05) is 12.3 Å². The van der Waals surface area contributed by atoms with E-state index in [2.05, 4.69) is 4.72 Å². The molecule has 2 aromatic carbocycles. The van der Waals surface area contributed by atoms with Crippen molar-refractivity contribution in [3.63, 3.8) is 0 Å². The van der Waals surface area contributed by atoms with E-state index in [1.54, 1.807) is 36.4 Å². The molecule has 0 fully saturated rings. The molecule has 2 aromatic rings. The van der Waals surface area contributed by atoms with Gasteiger partial charge in [0.25, 0.3) is 0 Å². The first-order chi connectivity index (χ1) is 11.2. The molecule has 0 saturated carbocycles. The van der Waals surface area contributed by atoms with Gasteiger partial charge < -0.3 is 0 Å². The van der Waals surface area contributed by atoms with Gasteiger partial charge in [-0.2, -0.15) is 0 Å². The summed E-state index contributed by atoms with van der Waals surface area (Å²) in [6.45, 7) is 3.58. The van der Waals surface area contributed by atoms with Crippen LogP contribution in [0.15, 0.2) is 53.4 Å². The predicted octanol–water partition coefficient (Wildman–Crippen LogP) is 2.20. The van der Waals surface area contributed by atoms with Crippen molar-refractivity contribution in [2.24, 2.45) is 0 Å². The summed E-state index contributed by atoms with van der Waals surface area (Å²) in [5, 5.41) is 0. The van der Waals surface area contributed by atoms with Gasteiger partial charge in [-0.25, -0.2) is 21.6 Å². The molecule has 0 aliphatic rings. The SMILES string of the molecule is Cc1ccc(S(=O)(=O)NCCS(=O)(=O)Cc2ccccc2)cc1C. The van der Waals surface area contributed by atoms with Crippen LogP contribution in [0.1, 0.15) is 16.7 Å². The minimum atomic E-state index is -3.71. The lowest BCUT2D eigenvalue weighted by atomic mass is 10.1. The molecule has 7 heteroatoms.